The van der Waals surface area contributed by atoms with Crippen molar-refractivity contribution in [3.63, 3.8) is 0 Å². The zero-order chi connectivity index (χ0) is 54.9. The van der Waals surface area contributed by atoms with Gasteiger partial charge in [0, 0.05) is 26.2 Å². The molecule has 0 bridgehead atoms. The van der Waals surface area contributed by atoms with Crippen LogP contribution in [0.3, 0.4) is 0 Å². The summed E-state index contributed by atoms with van der Waals surface area (Å²) < 4.78 is 115. The fourth-order valence-corrected chi connectivity index (χ4v) is 18.7. The van der Waals surface area contributed by atoms with Crippen LogP contribution in [0.1, 0.15) is 94.9 Å². The summed E-state index contributed by atoms with van der Waals surface area (Å²) in [6.45, 7) is -8.12. The van der Waals surface area contributed by atoms with E-state index in [1.165, 1.54) is 0 Å². The summed E-state index contributed by atoms with van der Waals surface area (Å²) in [6.07, 6.45) is 6.02. The lowest BCUT2D eigenvalue weighted by Gasteiger charge is -2.37. The Kier molecular flexibility index (Phi) is 7.47. The number of nitrogens with zero attached hydrogens (tertiary/aromatic N) is 2. The molecule has 0 unspecified atom stereocenters. The molecule has 0 N–H and O–H groups in total. The molecule has 6 heteroatoms. The number of hydrogen-bond acceptors (Lipinski definition) is 3. The number of benzene rings is 8. The van der Waals surface area contributed by atoms with E-state index < -0.39 is 47.7 Å². The van der Waals surface area contributed by atoms with E-state index in [2.05, 4.69) is 84.9 Å². The molecular weight excluding hydrogens is 861 g/mol. The van der Waals surface area contributed by atoms with Gasteiger partial charge in [0.1, 0.15) is 19.6 Å². The molecule has 3 aliphatic rings. The third-order valence-corrected chi connectivity index (χ3v) is 22.3. The van der Waals surface area contributed by atoms with Crippen molar-refractivity contribution in [1.82, 2.24) is 9.38 Å². The van der Waals surface area contributed by atoms with Gasteiger partial charge in [-0.2, -0.15) is 4.98 Å². The Balaban J connectivity index is 1.07. The van der Waals surface area contributed by atoms with Crippen LogP contribution in [-0.4, -0.2) is 25.5 Å². The van der Waals surface area contributed by atoms with E-state index in [1.54, 1.807) is 48.5 Å². The second kappa shape index (κ2) is 16.2. The van der Waals surface area contributed by atoms with Crippen LogP contribution in [0.5, 0.6) is 11.5 Å². The van der Waals surface area contributed by atoms with Crippen LogP contribution in [-0.2, 0) is 0 Å². The first-order valence-electron chi connectivity index (χ1n) is 29.5. The minimum Gasteiger partial charge on any atom is -0.457 e. The number of imidazole rings is 1. The smallest absolute Gasteiger partial charge is 0.307 e. The van der Waals surface area contributed by atoms with Gasteiger partial charge in [-0.3, -0.25) is 4.40 Å². The highest BCUT2D eigenvalue weighted by atomic mass is 28.3. The summed E-state index contributed by atoms with van der Waals surface area (Å²) in [6, 6.07) is 57.4. The van der Waals surface area contributed by atoms with Crippen LogP contribution < -0.4 is 35.9 Å². The number of aromatic nitrogens is 2. The molecule has 68 heavy (non-hydrogen) atoms. The lowest BCUT2D eigenvalue weighted by Crippen LogP contribution is -2.74. The molecule has 2 saturated carbocycles. The molecule has 8 aromatic carbocycles. The Hall–Kier alpha value is -6.74. The van der Waals surface area contributed by atoms with Gasteiger partial charge in [-0.05, 0) is 121 Å². The van der Waals surface area contributed by atoms with Crippen LogP contribution in [0.2, 0.25) is 13.0 Å². The maximum atomic E-state index is 10.5. The molecule has 0 saturated heterocycles. The van der Waals surface area contributed by atoms with Gasteiger partial charge in [-0.1, -0.05) is 196 Å². The van der Waals surface area contributed by atoms with Gasteiger partial charge in [0.2, 0.25) is 0 Å². The highest BCUT2D eigenvalue weighted by Crippen LogP contribution is 2.45. The molecule has 0 radical (unpaired) electrons. The van der Waals surface area contributed by atoms with Crippen molar-refractivity contribution in [2.24, 2.45) is 0 Å². The Morgan fingerprint density at radius 2 is 1.13 bits per heavy atom. The molecule has 2 fully saturated rings. The number of para-hydroxylation sites is 4. The zero-order valence-corrected chi connectivity index (χ0v) is 39.6. The van der Waals surface area contributed by atoms with Crippen LogP contribution >= 0.6 is 0 Å². The van der Waals surface area contributed by atoms with Gasteiger partial charge in [0.25, 0.3) is 0 Å². The number of fused-ring (bicyclic) bond motifs is 7. The molecule has 0 amide bonds. The van der Waals surface area contributed by atoms with Crippen LogP contribution in [0.4, 0.5) is 0 Å². The van der Waals surface area contributed by atoms with Crippen molar-refractivity contribution in [2.45, 2.75) is 83.0 Å². The number of ether oxygens (including phenoxy) is 1. The molecule has 2 aromatic heterocycles. The predicted octanol–water partition coefficient (Wildman–Crippen LogP) is 12.5. The lowest BCUT2D eigenvalue weighted by atomic mass is 9.89. The van der Waals surface area contributed by atoms with E-state index in [9.17, 15) is 2.74 Å². The molecule has 13 rings (SSSR count). The molecule has 3 heterocycles. The van der Waals surface area contributed by atoms with E-state index in [-0.39, 0.29) is 33.3 Å². The summed E-state index contributed by atoms with van der Waals surface area (Å²) in [5.74, 6) is -1.28. The minimum absolute atomic E-state index is 0.157. The second-order valence-corrected chi connectivity index (χ2v) is 25.2. The van der Waals surface area contributed by atoms with Gasteiger partial charge in [0.05, 0.1) is 16.6 Å². The second-order valence-electron chi connectivity index (χ2n) is 18.8. The average molecular weight is 928 g/mol. The number of rotatable bonds is 8. The van der Waals surface area contributed by atoms with Gasteiger partial charge in [0.15, 0.2) is 13.7 Å². The molecular formula is C62H56N2O2Si2. The number of hydrogen-bond donors (Lipinski definition) is 0. The topological polar surface area (TPSA) is 39.7 Å². The first kappa shape index (κ1) is 31.3. The third-order valence-electron chi connectivity index (χ3n) is 15.1. The Morgan fingerprint density at radius 1 is 0.559 bits per heavy atom. The molecule has 1 aliphatic heterocycles. The van der Waals surface area contributed by atoms with E-state index in [4.69, 9.17) is 26.5 Å². The summed E-state index contributed by atoms with van der Waals surface area (Å²) in [4.78, 5) is 4.78. The summed E-state index contributed by atoms with van der Waals surface area (Å²) in [5.41, 5.74) is 7.07. The zero-order valence-electron chi connectivity index (χ0n) is 48.6. The van der Waals surface area contributed by atoms with Crippen molar-refractivity contribution in [3.8, 4) is 33.8 Å². The highest BCUT2D eigenvalue weighted by Gasteiger charge is 2.44. The highest BCUT2D eigenvalue weighted by molar-refractivity contribution is 7.20. The maximum Gasteiger partial charge on any atom is 0.307 e. The molecule has 2 aliphatic carbocycles. The monoisotopic (exact) mass is 927 g/mol. The molecule has 0 spiro atoms. The Morgan fingerprint density at radius 3 is 1.79 bits per heavy atom. The molecule has 334 valence electrons. The van der Waals surface area contributed by atoms with Crippen molar-refractivity contribution >= 4 is 75.2 Å². The van der Waals surface area contributed by atoms with E-state index >= 15 is 0 Å². The summed E-state index contributed by atoms with van der Waals surface area (Å²) >= 11 is 0. The van der Waals surface area contributed by atoms with Crippen molar-refractivity contribution in [3.05, 3.63) is 193 Å². The van der Waals surface area contributed by atoms with Crippen LogP contribution in [0.15, 0.2) is 180 Å². The SMILES string of the molecule is [2H]C([2H])([2H])c1cccc2c1nc1oc3c(-c4ccc([Si](c5ccccc5)(c5ccccc5)c5ccc(-c6cccc7c6Oc6ccccc6[Si]7(C([2H])([2H])[2H])C([2H])([2H])[2H])c(C6([2H])CCCC6)c5)cc4C4([2H])CCCC4)cccc3n12. The first-order valence-corrected chi connectivity index (χ1v) is 28.0. The van der Waals surface area contributed by atoms with E-state index in [0.29, 0.717) is 53.4 Å². The predicted molar refractivity (Wildman–Crippen MR) is 287 cm³/mol. The third kappa shape index (κ3) is 6.33. The van der Waals surface area contributed by atoms with E-state index in [1.807, 2.05) is 46.9 Å². The van der Waals surface area contributed by atoms with Crippen molar-refractivity contribution in [2.75, 3.05) is 0 Å². The molecule has 4 nitrogen and oxygen atoms in total. The Labute approximate surface area is 416 Å². The summed E-state index contributed by atoms with van der Waals surface area (Å²) in [7, 11) is -8.10. The first-order chi connectivity index (χ1) is 37.8. The molecule has 10 aromatic rings. The van der Waals surface area contributed by atoms with Crippen LogP contribution in [0, 0.1) is 6.85 Å². The number of aryl methyl sites for hydroxylation is 1. The Bertz CT molecular complexity index is 3970. The van der Waals surface area contributed by atoms with Crippen LogP contribution in [0.25, 0.3) is 50.2 Å². The largest absolute Gasteiger partial charge is 0.457 e. The van der Waals surface area contributed by atoms with Gasteiger partial charge >= 0.3 is 5.84 Å². The normalized spacial score (nSPS) is 20.0. The van der Waals surface area contributed by atoms with Gasteiger partial charge < -0.3 is 9.15 Å². The van der Waals surface area contributed by atoms with Crippen molar-refractivity contribution < 1.29 is 24.2 Å². The van der Waals surface area contributed by atoms with Gasteiger partial charge in [-0.25, -0.2) is 0 Å². The maximum absolute atomic E-state index is 10.5. The quantitative estimate of drug-likeness (QED) is 0.113. The van der Waals surface area contributed by atoms with E-state index in [0.717, 1.165) is 74.2 Å². The average Bonchev–Trinajstić information content (AvgIpc) is 4.44. The lowest BCUT2D eigenvalue weighted by molar-refractivity contribution is 0.488. The van der Waals surface area contributed by atoms with Crippen molar-refractivity contribution in [1.29, 1.82) is 0 Å². The van der Waals surface area contributed by atoms with Gasteiger partial charge in [-0.15, -0.1) is 0 Å². The summed E-state index contributed by atoms with van der Waals surface area (Å²) in [5, 5.41) is 4.71. The number of oxazole rings is 1. The minimum atomic E-state index is -4.63. The fourth-order valence-electron chi connectivity index (χ4n) is 11.9. The standard InChI is InChI=1S/C62H56N2O2Si2/c1-41-19-16-30-54-59(41)63-62-64(54)55-31-17-28-50(60(55)66-62)48-37-35-46(39-52(48)42-20-10-11-21-42)68(44-24-6-4-7-25-44,45-26-8-5-9-27-45)47-36-38-49(53(40-47)43-22-12-13-23-43)51-29-18-34-58-61(51)65-56-32-14-15-33-57(56)67(58,2)3/h4-9,14-19,24-40,42-43H,10-13,20-23H2,1-3H3/i1D3,2D3,3D3,42D,43D. The fraction of sp³-hybridized carbons (Fsp3) is 0.210. The molecule has 0 atom stereocenters.